The summed E-state index contributed by atoms with van der Waals surface area (Å²) in [5.74, 6) is 0.326. The fourth-order valence-electron chi connectivity index (χ4n) is 2.10. The molecule has 0 radical (unpaired) electrons. The Morgan fingerprint density at radius 1 is 1.27 bits per heavy atom. The Balaban J connectivity index is 1.91. The van der Waals surface area contributed by atoms with Crippen LogP contribution in [-0.2, 0) is 4.74 Å². The highest BCUT2D eigenvalue weighted by atomic mass is 16.5. The molecule has 7 heteroatoms. The molecule has 3 rings (SSSR count). The number of fused-ring (bicyclic) bond motifs is 1. The van der Waals surface area contributed by atoms with Gasteiger partial charge in [0.2, 0.25) is 11.5 Å². The van der Waals surface area contributed by atoms with E-state index in [-0.39, 0.29) is 5.56 Å². The van der Waals surface area contributed by atoms with Crippen LogP contribution in [0, 0.1) is 0 Å². The topological polar surface area (TPSA) is 99.9 Å². The van der Waals surface area contributed by atoms with Crippen molar-refractivity contribution in [2.24, 2.45) is 0 Å². The van der Waals surface area contributed by atoms with Crippen molar-refractivity contribution in [1.29, 1.82) is 0 Å². The molecule has 0 atom stereocenters. The lowest BCUT2D eigenvalue weighted by molar-refractivity contribution is 0.167. The van der Waals surface area contributed by atoms with Gasteiger partial charge < -0.3 is 14.7 Å². The van der Waals surface area contributed by atoms with Crippen molar-refractivity contribution >= 4 is 23.1 Å². The van der Waals surface area contributed by atoms with E-state index in [4.69, 9.17) is 4.74 Å². The summed E-state index contributed by atoms with van der Waals surface area (Å²) in [4.78, 5) is 32.4. The van der Waals surface area contributed by atoms with Crippen LogP contribution in [0.5, 0.6) is 0 Å². The SMILES string of the molecule is CCOC(=O)Nc1nc2cc(-c3ccc(=O)[nH]c3)ccc2[nH]1. The summed E-state index contributed by atoms with van der Waals surface area (Å²) in [6.07, 6.45) is 1.09. The Morgan fingerprint density at radius 2 is 2.09 bits per heavy atom. The number of rotatable bonds is 3. The van der Waals surface area contributed by atoms with Gasteiger partial charge in [-0.25, -0.2) is 9.78 Å². The summed E-state index contributed by atoms with van der Waals surface area (Å²) in [6.45, 7) is 2.02. The van der Waals surface area contributed by atoms with Gasteiger partial charge in [0, 0.05) is 12.3 Å². The molecule has 0 fully saturated rings. The van der Waals surface area contributed by atoms with Crippen LogP contribution in [0.15, 0.2) is 41.3 Å². The zero-order valence-electron chi connectivity index (χ0n) is 11.8. The zero-order valence-corrected chi connectivity index (χ0v) is 11.8. The average Bonchev–Trinajstić information content (AvgIpc) is 2.89. The number of carbonyl (C=O) groups is 1. The number of hydrogen-bond donors (Lipinski definition) is 3. The molecule has 2 heterocycles. The molecule has 0 aliphatic heterocycles. The summed E-state index contributed by atoms with van der Waals surface area (Å²) in [6, 6.07) is 8.85. The Morgan fingerprint density at radius 3 is 2.82 bits per heavy atom. The largest absolute Gasteiger partial charge is 0.450 e. The van der Waals surface area contributed by atoms with Crippen LogP contribution in [0.1, 0.15) is 6.92 Å². The van der Waals surface area contributed by atoms with E-state index in [0.29, 0.717) is 18.1 Å². The van der Waals surface area contributed by atoms with E-state index in [2.05, 4.69) is 20.3 Å². The van der Waals surface area contributed by atoms with Crippen LogP contribution in [0.25, 0.3) is 22.2 Å². The Hall–Kier alpha value is -3.09. The molecular weight excluding hydrogens is 284 g/mol. The molecule has 7 nitrogen and oxygen atoms in total. The summed E-state index contributed by atoms with van der Waals surface area (Å²) in [7, 11) is 0. The number of aromatic amines is 2. The van der Waals surface area contributed by atoms with E-state index in [1.54, 1.807) is 19.2 Å². The quantitative estimate of drug-likeness (QED) is 0.691. The van der Waals surface area contributed by atoms with Crippen LogP contribution in [0.2, 0.25) is 0 Å². The average molecular weight is 298 g/mol. The number of amides is 1. The number of nitrogens with zero attached hydrogens (tertiary/aromatic N) is 1. The molecule has 3 aromatic rings. The maximum atomic E-state index is 11.4. The second-order valence-electron chi connectivity index (χ2n) is 4.60. The van der Waals surface area contributed by atoms with Crippen molar-refractivity contribution in [3.8, 4) is 11.1 Å². The summed E-state index contributed by atoms with van der Waals surface area (Å²) >= 11 is 0. The minimum atomic E-state index is -0.553. The van der Waals surface area contributed by atoms with Gasteiger partial charge in [-0.3, -0.25) is 10.1 Å². The van der Waals surface area contributed by atoms with Crippen LogP contribution in [0.4, 0.5) is 10.7 Å². The van der Waals surface area contributed by atoms with Crippen LogP contribution in [0.3, 0.4) is 0 Å². The smallest absolute Gasteiger partial charge is 0.413 e. The van der Waals surface area contributed by atoms with E-state index in [0.717, 1.165) is 16.6 Å². The predicted octanol–water partition coefficient (Wildman–Crippen LogP) is 2.49. The van der Waals surface area contributed by atoms with Crippen LogP contribution in [-0.4, -0.2) is 27.7 Å². The van der Waals surface area contributed by atoms with Gasteiger partial charge in [-0.05, 0) is 36.2 Å². The molecule has 0 spiro atoms. The van der Waals surface area contributed by atoms with E-state index in [1.807, 2.05) is 18.2 Å². The molecule has 22 heavy (non-hydrogen) atoms. The fraction of sp³-hybridized carbons (Fsp3) is 0.133. The molecule has 1 amide bonds. The number of benzene rings is 1. The van der Waals surface area contributed by atoms with Crippen LogP contribution < -0.4 is 10.9 Å². The number of pyridine rings is 1. The molecule has 1 aromatic carbocycles. The Bertz CT molecular complexity index is 861. The standard InChI is InChI=1S/C15H14N4O3/c1-2-22-15(21)19-14-17-11-5-3-9(7-12(11)18-14)10-4-6-13(20)16-8-10/h3-8H,2H2,1H3,(H,16,20)(H2,17,18,19,21). The maximum absolute atomic E-state index is 11.4. The van der Waals surface area contributed by atoms with Crippen molar-refractivity contribution < 1.29 is 9.53 Å². The molecule has 0 aliphatic rings. The fourth-order valence-corrected chi connectivity index (χ4v) is 2.10. The Kier molecular flexibility index (Phi) is 3.61. The van der Waals surface area contributed by atoms with Crippen molar-refractivity contribution in [2.45, 2.75) is 6.92 Å². The first-order valence-electron chi connectivity index (χ1n) is 6.78. The lowest BCUT2D eigenvalue weighted by atomic mass is 10.1. The van der Waals surface area contributed by atoms with Gasteiger partial charge in [0.25, 0.3) is 0 Å². The predicted molar refractivity (Wildman–Crippen MR) is 82.8 cm³/mol. The summed E-state index contributed by atoms with van der Waals surface area (Å²) in [5, 5.41) is 2.52. The molecule has 0 saturated carbocycles. The maximum Gasteiger partial charge on any atom is 0.413 e. The normalized spacial score (nSPS) is 10.6. The van der Waals surface area contributed by atoms with Crippen molar-refractivity contribution in [3.05, 3.63) is 46.9 Å². The number of H-pyrrole nitrogens is 2. The van der Waals surface area contributed by atoms with Gasteiger partial charge in [-0.1, -0.05) is 6.07 Å². The zero-order chi connectivity index (χ0) is 15.5. The Labute approximate surface area is 125 Å². The number of anilines is 1. The first-order valence-corrected chi connectivity index (χ1v) is 6.78. The highest BCUT2D eigenvalue weighted by molar-refractivity contribution is 5.88. The van der Waals surface area contributed by atoms with Gasteiger partial charge in [0.15, 0.2) is 0 Å². The number of aromatic nitrogens is 3. The third-order valence-electron chi connectivity index (χ3n) is 3.10. The molecular formula is C15H14N4O3. The number of carbonyl (C=O) groups excluding carboxylic acids is 1. The molecule has 112 valence electrons. The van der Waals surface area contributed by atoms with Gasteiger partial charge >= 0.3 is 6.09 Å². The molecule has 2 aromatic heterocycles. The lowest BCUT2D eigenvalue weighted by Gasteiger charge is -2.00. The molecule has 0 bridgehead atoms. The minimum Gasteiger partial charge on any atom is -0.450 e. The monoisotopic (exact) mass is 298 g/mol. The second kappa shape index (κ2) is 5.72. The second-order valence-corrected chi connectivity index (χ2v) is 4.60. The van der Waals surface area contributed by atoms with Crippen molar-refractivity contribution in [2.75, 3.05) is 11.9 Å². The minimum absolute atomic E-state index is 0.148. The molecule has 0 aliphatic carbocycles. The van der Waals surface area contributed by atoms with E-state index >= 15 is 0 Å². The summed E-state index contributed by atoms with van der Waals surface area (Å²) < 4.78 is 4.80. The van der Waals surface area contributed by atoms with Gasteiger partial charge in [0.05, 0.1) is 17.6 Å². The molecule has 0 unspecified atom stereocenters. The van der Waals surface area contributed by atoms with E-state index in [9.17, 15) is 9.59 Å². The van der Waals surface area contributed by atoms with Gasteiger partial charge in [-0.2, -0.15) is 0 Å². The van der Waals surface area contributed by atoms with Crippen LogP contribution >= 0.6 is 0 Å². The highest BCUT2D eigenvalue weighted by Gasteiger charge is 2.08. The first kappa shape index (κ1) is 13.9. The third-order valence-corrected chi connectivity index (χ3v) is 3.10. The number of hydrogen-bond acceptors (Lipinski definition) is 4. The van der Waals surface area contributed by atoms with E-state index in [1.165, 1.54) is 6.07 Å². The van der Waals surface area contributed by atoms with Gasteiger partial charge in [0.1, 0.15) is 0 Å². The number of imidazole rings is 1. The van der Waals surface area contributed by atoms with E-state index < -0.39 is 6.09 Å². The number of ether oxygens (including phenoxy) is 1. The molecule has 3 N–H and O–H groups in total. The molecule has 0 saturated heterocycles. The van der Waals surface area contributed by atoms with Crippen molar-refractivity contribution in [3.63, 3.8) is 0 Å². The summed E-state index contributed by atoms with van der Waals surface area (Å²) in [5.41, 5.74) is 3.14. The number of nitrogens with one attached hydrogen (secondary N) is 3. The van der Waals surface area contributed by atoms with Gasteiger partial charge in [-0.15, -0.1) is 0 Å². The highest BCUT2D eigenvalue weighted by Crippen LogP contribution is 2.23. The lowest BCUT2D eigenvalue weighted by Crippen LogP contribution is -2.14. The third kappa shape index (κ3) is 2.83. The first-order chi connectivity index (χ1) is 10.7. The van der Waals surface area contributed by atoms with Crippen molar-refractivity contribution in [1.82, 2.24) is 15.0 Å².